The number of amides is 1. The summed E-state index contributed by atoms with van der Waals surface area (Å²) in [6.45, 7) is 3.19. The van der Waals surface area contributed by atoms with E-state index in [1.54, 1.807) is 20.8 Å². The fourth-order valence-electron chi connectivity index (χ4n) is 0.880. The summed E-state index contributed by atoms with van der Waals surface area (Å²) in [5.74, 6) is -0.0741. The molecule has 0 saturated carbocycles. The van der Waals surface area contributed by atoms with E-state index in [2.05, 4.69) is 0 Å². The lowest BCUT2D eigenvalue weighted by Gasteiger charge is -2.27. The molecule has 0 aromatic heterocycles. The predicted octanol–water partition coefficient (Wildman–Crippen LogP) is 3.02. The summed E-state index contributed by atoms with van der Waals surface area (Å²) in [4.78, 5) is 11.9. The summed E-state index contributed by atoms with van der Waals surface area (Å²) >= 11 is 5.32. The van der Waals surface area contributed by atoms with Gasteiger partial charge in [0, 0.05) is 12.4 Å². The van der Waals surface area contributed by atoms with Crippen LogP contribution in [0.5, 0.6) is 0 Å². The van der Waals surface area contributed by atoms with E-state index in [1.165, 1.54) is 0 Å². The molecule has 0 saturated heterocycles. The van der Waals surface area contributed by atoms with Crippen LogP contribution in [-0.2, 0) is 4.74 Å². The molecule has 0 atom stereocenters. The Balaban J connectivity index is 4.47. The van der Waals surface area contributed by atoms with Crippen molar-refractivity contribution in [2.45, 2.75) is 32.5 Å². The summed E-state index contributed by atoms with van der Waals surface area (Å²) in [6.07, 6.45) is -5.46. The molecule has 0 N–H and O–H groups in total. The van der Waals surface area contributed by atoms with E-state index < -0.39 is 24.4 Å². The van der Waals surface area contributed by atoms with Crippen LogP contribution in [0.2, 0.25) is 0 Å². The number of ether oxygens (including phenoxy) is 1. The molecule has 0 aliphatic rings. The van der Waals surface area contributed by atoms with Gasteiger partial charge in [-0.25, -0.2) is 4.79 Å². The molecule has 1 amide bonds. The summed E-state index contributed by atoms with van der Waals surface area (Å²) in [5, 5.41) is 0. The molecule has 0 radical (unpaired) electrons. The molecule has 0 heterocycles. The Hall–Kier alpha value is -0.650. The Kier molecular flexibility index (Phi) is 5.38. The molecule has 0 aromatic rings. The van der Waals surface area contributed by atoms with Gasteiger partial charge in [0.2, 0.25) is 0 Å². The lowest BCUT2D eigenvalue weighted by atomic mass is 10.2. The van der Waals surface area contributed by atoms with E-state index in [9.17, 15) is 18.0 Å². The third-order valence-corrected chi connectivity index (χ3v) is 1.55. The first kappa shape index (κ1) is 15.3. The number of hydrogen-bond donors (Lipinski definition) is 0. The van der Waals surface area contributed by atoms with Gasteiger partial charge in [-0.2, -0.15) is 13.2 Å². The highest BCUT2D eigenvalue weighted by atomic mass is 35.5. The topological polar surface area (TPSA) is 29.5 Å². The number of rotatable bonds is 3. The van der Waals surface area contributed by atoms with E-state index in [-0.39, 0.29) is 12.4 Å². The van der Waals surface area contributed by atoms with E-state index in [0.29, 0.717) is 4.90 Å². The molecule has 0 aromatic carbocycles. The lowest BCUT2D eigenvalue weighted by molar-refractivity contribution is -0.144. The van der Waals surface area contributed by atoms with Crippen molar-refractivity contribution in [3.8, 4) is 0 Å². The lowest BCUT2D eigenvalue weighted by Crippen LogP contribution is -2.43. The van der Waals surface area contributed by atoms with Gasteiger partial charge in [0.1, 0.15) is 12.1 Å². The number of hydrogen-bond acceptors (Lipinski definition) is 2. The van der Waals surface area contributed by atoms with Gasteiger partial charge < -0.3 is 4.74 Å². The Morgan fingerprint density at radius 2 is 1.81 bits per heavy atom. The van der Waals surface area contributed by atoms with Crippen LogP contribution < -0.4 is 0 Å². The van der Waals surface area contributed by atoms with E-state index >= 15 is 0 Å². The van der Waals surface area contributed by atoms with Crippen LogP contribution in [-0.4, -0.2) is 41.7 Å². The number of carbonyl (C=O) groups excluding carboxylic acids is 1. The highest BCUT2D eigenvalue weighted by molar-refractivity contribution is 6.18. The zero-order valence-corrected chi connectivity index (χ0v) is 10.2. The van der Waals surface area contributed by atoms with Crippen LogP contribution in [0.3, 0.4) is 0 Å². The molecule has 96 valence electrons. The first-order valence-electron chi connectivity index (χ1n) is 4.66. The average Bonchev–Trinajstić information content (AvgIpc) is 1.97. The van der Waals surface area contributed by atoms with Crippen molar-refractivity contribution < 1.29 is 22.7 Å². The van der Waals surface area contributed by atoms with Crippen LogP contribution in [0.4, 0.5) is 18.0 Å². The molecule has 0 fully saturated rings. The quantitative estimate of drug-likeness (QED) is 0.731. The second kappa shape index (κ2) is 5.61. The normalized spacial score (nSPS) is 12.4. The summed E-state index contributed by atoms with van der Waals surface area (Å²) in [7, 11) is 0. The first-order valence-corrected chi connectivity index (χ1v) is 5.19. The third-order valence-electron chi connectivity index (χ3n) is 1.38. The molecule has 16 heavy (non-hydrogen) atoms. The van der Waals surface area contributed by atoms with Crippen LogP contribution >= 0.6 is 11.6 Å². The molecule has 0 spiro atoms. The molecule has 0 aliphatic heterocycles. The molecular formula is C9H15ClF3NO2. The molecule has 0 rings (SSSR count). The Morgan fingerprint density at radius 1 is 1.31 bits per heavy atom. The highest BCUT2D eigenvalue weighted by Crippen LogP contribution is 2.18. The SMILES string of the molecule is CC(C)(C)OC(=O)N(CCCl)CC(F)(F)F. The number of nitrogens with zero attached hydrogens (tertiary/aromatic N) is 1. The Labute approximate surface area is 97.5 Å². The number of halogens is 4. The van der Waals surface area contributed by atoms with Gasteiger partial charge in [-0.05, 0) is 20.8 Å². The van der Waals surface area contributed by atoms with E-state index in [1.807, 2.05) is 0 Å². The molecular weight excluding hydrogens is 247 g/mol. The summed E-state index contributed by atoms with van der Waals surface area (Å²) < 4.78 is 41.2. The maximum atomic E-state index is 12.1. The zero-order valence-electron chi connectivity index (χ0n) is 9.40. The van der Waals surface area contributed by atoms with Gasteiger partial charge in [0.25, 0.3) is 0 Å². The number of carbonyl (C=O) groups is 1. The van der Waals surface area contributed by atoms with Gasteiger partial charge in [-0.15, -0.1) is 11.6 Å². The van der Waals surface area contributed by atoms with E-state index in [4.69, 9.17) is 16.3 Å². The number of alkyl halides is 4. The molecule has 0 unspecified atom stereocenters. The van der Waals surface area contributed by atoms with Crippen molar-refractivity contribution in [1.82, 2.24) is 4.90 Å². The van der Waals surface area contributed by atoms with Crippen LogP contribution in [0.15, 0.2) is 0 Å². The van der Waals surface area contributed by atoms with Crippen molar-refractivity contribution in [2.75, 3.05) is 19.0 Å². The fraction of sp³-hybridized carbons (Fsp3) is 0.889. The van der Waals surface area contributed by atoms with Gasteiger partial charge in [-0.1, -0.05) is 0 Å². The van der Waals surface area contributed by atoms with Crippen LogP contribution in [0.25, 0.3) is 0 Å². The minimum atomic E-state index is -4.46. The van der Waals surface area contributed by atoms with Crippen LogP contribution in [0, 0.1) is 0 Å². The second-order valence-electron chi connectivity index (χ2n) is 4.21. The molecule has 0 bridgehead atoms. The second-order valence-corrected chi connectivity index (χ2v) is 4.58. The molecule has 7 heteroatoms. The smallest absolute Gasteiger partial charge is 0.410 e. The fourth-order valence-corrected chi connectivity index (χ4v) is 1.08. The maximum absolute atomic E-state index is 12.1. The van der Waals surface area contributed by atoms with Gasteiger partial charge in [0.15, 0.2) is 0 Å². The zero-order chi connectivity index (χ0) is 13.0. The van der Waals surface area contributed by atoms with E-state index in [0.717, 1.165) is 0 Å². The largest absolute Gasteiger partial charge is 0.444 e. The Bertz CT molecular complexity index is 238. The van der Waals surface area contributed by atoms with Crippen molar-refractivity contribution in [1.29, 1.82) is 0 Å². The molecule has 3 nitrogen and oxygen atoms in total. The average molecular weight is 262 g/mol. The highest BCUT2D eigenvalue weighted by Gasteiger charge is 2.34. The van der Waals surface area contributed by atoms with Crippen molar-refractivity contribution in [3.63, 3.8) is 0 Å². The van der Waals surface area contributed by atoms with Gasteiger partial charge >= 0.3 is 12.3 Å². The van der Waals surface area contributed by atoms with Crippen molar-refractivity contribution in [2.24, 2.45) is 0 Å². The maximum Gasteiger partial charge on any atom is 0.410 e. The third kappa shape index (κ3) is 7.62. The molecule has 0 aliphatic carbocycles. The summed E-state index contributed by atoms with van der Waals surface area (Å²) in [5.41, 5.74) is -0.826. The Morgan fingerprint density at radius 3 is 2.12 bits per heavy atom. The van der Waals surface area contributed by atoms with Gasteiger partial charge in [-0.3, -0.25) is 4.90 Å². The minimum absolute atomic E-state index is 0.0741. The monoisotopic (exact) mass is 261 g/mol. The van der Waals surface area contributed by atoms with Crippen molar-refractivity contribution >= 4 is 17.7 Å². The first-order chi connectivity index (χ1) is 7.05. The predicted molar refractivity (Wildman–Crippen MR) is 54.6 cm³/mol. The minimum Gasteiger partial charge on any atom is -0.444 e. The standard InChI is InChI=1S/C9H15ClF3NO2/c1-8(2,3)16-7(15)14(5-4-10)6-9(11,12)13/h4-6H2,1-3H3. The van der Waals surface area contributed by atoms with Crippen LogP contribution in [0.1, 0.15) is 20.8 Å². The summed E-state index contributed by atoms with van der Waals surface area (Å²) in [6, 6.07) is 0. The van der Waals surface area contributed by atoms with Gasteiger partial charge in [0.05, 0.1) is 0 Å². The van der Waals surface area contributed by atoms with Crippen molar-refractivity contribution in [3.05, 3.63) is 0 Å².